The molecule has 0 aliphatic carbocycles. The highest BCUT2D eigenvalue weighted by Crippen LogP contribution is 2.14. The van der Waals surface area contributed by atoms with Crippen molar-refractivity contribution >= 4 is 22.9 Å². The molecule has 0 bridgehead atoms. The van der Waals surface area contributed by atoms with Crippen molar-refractivity contribution in [3.63, 3.8) is 0 Å². The Kier molecular flexibility index (Phi) is 3.75. The Balaban J connectivity index is 1.68. The molecule has 0 aromatic carbocycles. The van der Waals surface area contributed by atoms with Crippen LogP contribution < -0.4 is 10.6 Å². The van der Waals surface area contributed by atoms with Crippen molar-refractivity contribution < 1.29 is 4.79 Å². The predicted octanol–water partition coefficient (Wildman–Crippen LogP) is 2.22. The van der Waals surface area contributed by atoms with Gasteiger partial charge in [-0.2, -0.15) is 11.3 Å². The molecular weight excluding hydrogens is 208 g/mol. The molecule has 2 N–H and O–H groups in total. The summed E-state index contributed by atoms with van der Waals surface area (Å²) in [6, 6.07) is 2.48. The molecule has 1 aromatic rings. The number of carbonyl (C=O) groups is 1. The molecule has 0 saturated carbocycles. The molecule has 1 fully saturated rings. The zero-order chi connectivity index (χ0) is 10.5. The highest BCUT2D eigenvalue weighted by molar-refractivity contribution is 7.08. The van der Waals surface area contributed by atoms with Crippen LogP contribution in [0.1, 0.15) is 25.7 Å². The highest BCUT2D eigenvalue weighted by atomic mass is 32.1. The van der Waals surface area contributed by atoms with Crippen LogP contribution in [0.2, 0.25) is 0 Å². The van der Waals surface area contributed by atoms with E-state index in [0.29, 0.717) is 12.5 Å². The van der Waals surface area contributed by atoms with Gasteiger partial charge in [0, 0.05) is 17.8 Å². The van der Waals surface area contributed by atoms with Crippen LogP contribution in [0.3, 0.4) is 0 Å². The maximum Gasteiger partial charge on any atom is 0.224 e. The quantitative estimate of drug-likeness (QED) is 0.823. The Labute approximate surface area is 93.9 Å². The smallest absolute Gasteiger partial charge is 0.224 e. The summed E-state index contributed by atoms with van der Waals surface area (Å²) in [6.07, 6.45) is 4.03. The minimum Gasteiger partial charge on any atom is -0.325 e. The van der Waals surface area contributed by atoms with Crippen LogP contribution in [0.15, 0.2) is 16.8 Å². The lowest BCUT2D eigenvalue weighted by molar-refractivity contribution is -0.116. The first kappa shape index (κ1) is 10.6. The summed E-state index contributed by atoms with van der Waals surface area (Å²) in [6.45, 7) is 1.11. The van der Waals surface area contributed by atoms with Crippen LogP contribution in [0, 0.1) is 0 Å². The third-order valence-corrected chi connectivity index (χ3v) is 3.37. The number of amides is 1. The van der Waals surface area contributed by atoms with Gasteiger partial charge in [0.2, 0.25) is 5.91 Å². The van der Waals surface area contributed by atoms with Crippen LogP contribution in [-0.2, 0) is 4.79 Å². The van der Waals surface area contributed by atoms with E-state index < -0.39 is 0 Å². The molecule has 4 heteroatoms. The second kappa shape index (κ2) is 5.28. The van der Waals surface area contributed by atoms with Gasteiger partial charge in [-0.15, -0.1) is 0 Å². The molecule has 1 aromatic heterocycles. The Morgan fingerprint density at radius 1 is 1.67 bits per heavy atom. The van der Waals surface area contributed by atoms with E-state index in [4.69, 9.17) is 0 Å². The maximum absolute atomic E-state index is 11.5. The molecule has 1 saturated heterocycles. The summed E-state index contributed by atoms with van der Waals surface area (Å²) < 4.78 is 0. The van der Waals surface area contributed by atoms with Crippen molar-refractivity contribution in [2.45, 2.75) is 31.7 Å². The molecule has 2 heterocycles. The summed E-state index contributed by atoms with van der Waals surface area (Å²) in [7, 11) is 0. The molecule has 0 radical (unpaired) electrons. The Hall–Kier alpha value is -0.870. The van der Waals surface area contributed by atoms with Crippen LogP contribution in [0.4, 0.5) is 5.69 Å². The molecule has 1 unspecified atom stereocenters. The van der Waals surface area contributed by atoms with E-state index in [0.717, 1.165) is 18.7 Å². The van der Waals surface area contributed by atoms with Crippen molar-refractivity contribution in [3.8, 4) is 0 Å². The molecular formula is C11H16N2OS. The van der Waals surface area contributed by atoms with Gasteiger partial charge >= 0.3 is 0 Å². The van der Waals surface area contributed by atoms with Crippen molar-refractivity contribution in [2.24, 2.45) is 0 Å². The standard InChI is InChI=1S/C11H16N2OS/c14-11(13-10-5-7-15-8-10)4-3-9-2-1-6-12-9/h5,7-9,12H,1-4,6H2,(H,13,14). The average molecular weight is 224 g/mol. The molecule has 1 atom stereocenters. The number of rotatable bonds is 4. The van der Waals surface area contributed by atoms with E-state index in [9.17, 15) is 4.79 Å². The highest BCUT2D eigenvalue weighted by Gasteiger charge is 2.15. The van der Waals surface area contributed by atoms with E-state index in [2.05, 4.69) is 10.6 Å². The Morgan fingerprint density at radius 2 is 2.60 bits per heavy atom. The minimum absolute atomic E-state index is 0.127. The predicted molar refractivity (Wildman–Crippen MR) is 63.2 cm³/mol. The van der Waals surface area contributed by atoms with E-state index in [1.54, 1.807) is 11.3 Å². The summed E-state index contributed by atoms with van der Waals surface area (Å²) in [5.41, 5.74) is 0.921. The lowest BCUT2D eigenvalue weighted by Gasteiger charge is -2.09. The number of hydrogen-bond donors (Lipinski definition) is 2. The fraction of sp³-hybridized carbons (Fsp3) is 0.545. The normalized spacial score (nSPS) is 20.4. The first-order chi connectivity index (χ1) is 7.34. The van der Waals surface area contributed by atoms with Crippen LogP contribution >= 0.6 is 11.3 Å². The van der Waals surface area contributed by atoms with Gasteiger partial charge in [-0.05, 0) is 37.3 Å². The SMILES string of the molecule is O=C(CCC1CCCN1)Nc1ccsc1. The fourth-order valence-electron chi connectivity index (χ4n) is 1.87. The van der Waals surface area contributed by atoms with Crippen LogP contribution in [0.25, 0.3) is 0 Å². The second-order valence-corrected chi connectivity index (χ2v) is 4.67. The lowest BCUT2D eigenvalue weighted by Crippen LogP contribution is -2.23. The van der Waals surface area contributed by atoms with Gasteiger partial charge in [0.1, 0.15) is 0 Å². The fourth-order valence-corrected chi connectivity index (χ4v) is 2.46. The number of thiophene rings is 1. The van der Waals surface area contributed by atoms with E-state index in [1.807, 2.05) is 16.8 Å². The zero-order valence-corrected chi connectivity index (χ0v) is 9.48. The van der Waals surface area contributed by atoms with Crippen molar-refractivity contribution in [2.75, 3.05) is 11.9 Å². The van der Waals surface area contributed by atoms with Gasteiger partial charge in [-0.1, -0.05) is 0 Å². The molecule has 1 aliphatic heterocycles. The maximum atomic E-state index is 11.5. The Morgan fingerprint density at radius 3 is 3.27 bits per heavy atom. The Bertz CT molecular complexity index is 304. The van der Waals surface area contributed by atoms with Gasteiger partial charge in [0.15, 0.2) is 0 Å². The molecule has 2 rings (SSSR count). The lowest BCUT2D eigenvalue weighted by atomic mass is 10.1. The topological polar surface area (TPSA) is 41.1 Å². The van der Waals surface area contributed by atoms with Crippen LogP contribution in [-0.4, -0.2) is 18.5 Å². The number of hydrogen-bond acceptors (Lipinski definition) is 3. The number of anilines is 1. The van der Waals surface area contributed by atoms with E-state index in [1.165, 1.54) is 12.8 Å². The van der Waals surface area contributed by atoms with E-state index >= 15 is 0 Å². The summed E-state index contributed by atoms with van der Waals surface area (Å²) in [4.78, 5) is 11.5. The van der Waals surface area contributed by atoms with Gasteiger partial charge in [-0.25, -0.2) is 0 Å². The summed E-state index contributed by atoms with van der Waals surface area (Å²) in [5.74, 6) is 0.127. The third kappa shape index (κ3) is 3.32. The van der Waals surface area contributed by atoms with Gasteiger partial charge in [-0.3, -0.25) is 4.79 Å². The molecule has 1 amide bonds. The summed E-state index contributed by atoms with van der Waals surface area (Å²) in [5, 5.41) is 10.2. The van der Waals surface area contributed by atoms with Gasteiger partial charge in [0.25, 0.3) is 0 Å². The average Bonchev–Trinajstić information content (AvgIpc) is 2.86. The number of carbonyl (C=O) groups excluding carboxylic acids is 1. The summed E-state index contributed by atoms with van der Waals surface area (Å²) >= 11 is 1.60. The third-order valence-electron chi connectivity index (χ3n) is 2.69. The molecule has 82 valence electrons. The first-order valence-electron chi connectivity index (χ1n) is 5.40. The zero-order valence-electron chi connectivity index (χ0n) is 8.66. The molecule has 3 nitrogen and oxygen atoms in total. The first-order valence-corrected chi connectivity index (χ1v) is 6.34. The van der Waals surface area contributed by atoms with E-state index in [-0.39, 0.29) is 5.91 Å². The monoisotopic (exact) mass is 224 g/mol. The van der Waals surface area contributed by atoms with Crippen LogP contribution in [0.5, 0.6) is 0 Å². The van der Waals surface area contributed by atoms with Gasteiger partial charge in [0.05, 0.1) is 5.69 Å². The van der Waals surface area contributed by atoms with Gasteiger partial charge < -0.3 is 10.6 Å². The molecule has 1 aliphatic rings. The van der Waals surface area contributed by atoms with Crippen molar-refractivity contribution in [1.82, 2.24) is 5.32 Å². The number of nitrogens with one attached hydrogen (secondary N) is 2. The largest absolute Gasteiger partial charge is 0.325 e. The molecule has 0 spiro atoms. The molecule has 15 heavy (non-hydrogen) atoms. The minimum atomic E-state index is 0.127. The van der Waals surface area contributed by atoms with Crippen molar-refractivity contribution in [3.05, 3.63) is 16.8 Å². The van der Waals surface area contributed by atoms with Crippen molar-refractivity contribution in [1.29, 1.82) is 0 Å². The second-order valence-electron chi connectivity index (χ2n) is 3.89.